The number of thiazole rings is 1. The third-order valence-corrected chi connectivity index (χ3v) is 6.17. The molecule has 0 spiro atoms. The van der Waals surface area contributed by atoms with Gasteiger partial charge in [0.1, 0.15) is 0 Å². The molecular formula is C23H24N4OS. The average Bonchev–Trinajstić information content (AvgIpc) is 3.26. The van der Waals surface area contributed by atoms with Crippen LogP contribution in [0.3, 0.4) is 0 Å². The summed E-state index contributed by atoms with van der Waals surface area (Å²) in [6, 6.07) is 18.4. The number of nitrogens with one attached hydrogen (secondary N) is 1. The van der Waals surface area contributed by atoms with Crippen molar-refractivity contribution in [2.45, 2.75) is 39.8 Å². The molecule has 0 saturated heterocycles. The fourth-order valence-corrected chi connectivity index (χ4v) is 4.39. The third kappa shape index (κ3) is 4.54. The van der Waals surface area contributed by atoms with Crippen LogP contribution in [0.1, 0.15) is 33.9 Å². The molecule has 0 unspecified atom stereocenters. The van der Waals surface area contributed by atoms with Crippen molar-refractivity contribution in [3.8, 4) is 0 Å². The van der Waals surface area contributed by atoms with Crippen molar-refractivity contribution in [3.63, 3.8) is 0 Å². The number of carbonyl (C=O) groups is 1. The smallest absolute Gasteiger partial charge is 0.220 e. The Bertz CT molecular complexity index is 1100. The van der Waals surface area contributed by atoms with E-state index < -0.39 is 0 Å². The summed E-state index contributed by atoms with van der Waals surface area (Å²) in [5.41, 5.74) is 5.37. The van der Waals surface area contributed by atoms with Crippen LogP contribution >= 0.6 is 11.3 Å². The maximum Gasteiger partial charge on any atom is 0.220 e. The second-order valence-corrected chi connectivity index (χ2v) is 8.26. The Morgan fingerprint density at radius 2 is 1.83 bits per heavy atom. The first-order valence-electron chi connectivity index (χ1n) is 9.78. The first-order chi connectivity index (χ1) is 14.1. The van der Waals surface area contributed by atoms with Gasteiger partial charge in [-0.3, -0.25) is 9.48 Å². The van der Waals surface area contributed by atoms with Crippen molar-refractivity contribution in [2.24, 2.45) is 0 Å². The van der Waals surface area contributed by atoms with E-state index in [1.807, 2.05) is 48.0 Å². The number of hydrogen-bond donors (Lipinski definition) is 1. The van der Waals surface area contributed by atoms with Gasteiger partial charge in [0.05, 0.1) is 27.5 Å². The number of hydrogen-bond acceptors (Lipinski definition) is 4. The van der Waals surface area contributed by atoms with Crippen molar-refractivity contribution < 1.29 is 4.79 Å². The van der Waals surface area contributed by atoms with E-state index in [1.54, 1.807) is 11.3 Å². The number of fused-ring (bicyclic) bond motifs is 1. The molecule has 2 heterocycles. The van der Waals surface area contributed by atoms with E-state index >= 15 is 0 Å². The molecule has 4 rings (SSSR count). The molecule has 29 heavy (non-hydrogen) atoms. The normalized spacial score (nSPS) is 11.1. The van der Waals surface area contributed by atoms with Gasteiger partial charge in [-0.2, -0.15) is 5.10 Å². The van der Waals surface area contributed by atoms with Crippen molar-refractivity contribution in [1.82, 2.24) is 20.1 Å². The summed E-state index contributed by atoms with van der Waals surface area (Å²) in [5.74, 6) is 0.0406. The highest BCUT2D eigenvalue weighted by molar-refractivity contribution is 7.18. The zero-order chi connectivity index (χ0) is 20.2. The van der Waals surface area contributed by atoms with Crippen LogP contribution in [0, 0.1) is 13.8 Å². The van der Waals surface area contributed by atoms with E-state index in [9.17, 15) is 4.79 Å². The molecule has 0 aliphatic carbocycles. The number of benzene rings is 2. The van der Waals surface area contributed by atoms with Gasteiger partial charge in [-0.25, -0.2) is 4.98 Å². The summed E-state index contributed by atoms with van der Waals surface area (Å²) in [4.78, 5) is 17.0. The van der Waals surface area contributed by atoms with E-state index in [4.69, 9.17) is 0 Å². The van der Waals surface area contributed by atoms with Gasteiger partial charge in [0, 0.05) is 30.6 Å². The van der Waals surface area contributed by atoms with Crippen LogP contribution in [0.25, 0.3) is 10.2 Å². The van der Waals surface area contributed by atoms with Gasteiger partial charge in [0.15, 0.2) is 0 Å². The molecule has 0 atom stereocenters. The molecule has 6 heteroatoms. The summed E-state index contributed by atoms with van der Waals surface area (Å²) < 4.78 is 3.17. The SMILES string of the molecule is Cc1nn(Cc2ccccc2)c(C)c1CNC(=O)CCc1nc2ccccc2s1. The fraction of sp³-hybridized carbons (Fsp3) is 0.261. The summed E-state index contributed by atoms with van der Waals surface area (Å²) in [6.45, 7) is 5.30. The lowest BCUT2D eigenvalue weighted by Crippen LogP contribution is -2.23. The highest BCUT2D eigenvalue weighted by Gasteiger charge is 2.13. The summed E-state index contributed by atoms with van der Waals surface area (Å²) in [7, 11) is 0. The van der Waals surface area contributed by atoms with Crippen LogP contribution in [0.2, 0.25) is 0 Å². The third-order valence-electron chi connectivity index (χ3n) is 5.07. The summed E-state index contributed by atoms with van der Waals surface area (Å²) >= 11 is 1.66. The van der Waals surface area contributed by atoms with Crippen LogP contribution in [-0.4, -0.2) is 20.7 Å². The molecule has 0 aliphatic heterocycles. The van der Waals surface area contributed by atoms with Gasteiger partial charge >= 0.3 is 0 Å². The van der Waals surface area contributed by atoms with Crippen LogP contribution in [-0.2, 0) is 24.3 Å². The van der Waals surface area contributed by atoms with Crippen molar-refractivity contribution in [2.75, 3.05) is 0 Å². The van der Waals surface area contributed by atoms with E-state index in [2.05, 4.69) is 40.5 Å². The predicted molar refractivity (Wildman–Crippen MR) is 117 cm³/mol. The molecule has 1 amide bonds. The minimum atomic E-state index is 0.0406. The second-order valence-electron chi connectivity index (χ2n) is 7.14. The molecule has 0 bridgehead atoms. The average molecular weight is 405 g/mol. The highest BCUT2D eigenvalue weighted by Crippen LogP contribution is 2.22. The minimum absolute atomic E-state index is 0.0406. The number of carbonyl (C=O) groups excluding carboxylic acids is 1. The van der Waals surface area contributed by atoms with Crippen LogP contribution in [0.5, 0.6) is 0 Å². The Morgan fingerprint density at radius 1 is 1.07 bits per heavy atom. The zero-order valence-electron chi connectivity index (χ0n) is 16.7. The van der Waals surface area contributed by atoms with Crippen molar-refractivity contribution >= 4 is 27.5 Å². The monoisotopic (exact) mass is 404 g/mol. The Kier molecular flexibility index (Phi) is 5.71. The molecular weight excluding hydrogens is 380 g/mol. The minimum Gasteiger partial charge on any atom is -0.352 e. The number of nitrogens with zero attached hydrogens (tertiary/aromatic N) is 3. The Balaban J connectivity index is 1.34. The molecule has 0 aliphatic rings. The van der Waals surface area contributed by atoms with Gasteiger partial charge in [0.2, 0.25) is 5.91 Å². The van der Waals surface area contributed by atoms with E-state index in [0.717, 1.165) is 34.0 Å². The molecule has 4 aromatic rings. The Hall–Kier alpha value is -2.99. The van der Waals surface area contributed by atoms with Crippen molar-refractivity contribution in [1.29, 1.82) is 0 Å². The maximum absolute atomic E-state index is 12.4. The largest absolute Gasteiger partial charge is 0.352 e. The maximum atomic E-state index is 12.4. The Labute approximate surface area is 174 Å². The molecule has 1 N–H and O–H groups in total. The lowest BCUT2D eigenvalue weighted by Gasteiger charge is -2.07. The quantitative estimate of drug-likeness (QED) is 0.496. The molecule has 2 aromatic carbocycles. The van der Waals surface area contributed by atoms with E-state index in [0.29, 0.717) is 19.4 Å². The van der Waals surface area contributed by atoms with Gasteiger partial charge in [-0.15, -0.1) is 11.3 Å². The number of rotatable bonds is 7. The van der Waals surface area contributed by atoms with Gasteiger partial charge in [-0.05, 0) is 31.5 Å². The molecule has 5 nitrogen and oxygen atoms in total. The fourth-order valence-electron chi connectivity index (χ4n) is 3.42. The second kappa shape index (κ2) is 8.57. The topological polar surface area (TPSA) is 59.8 Å². The number of aromatic nitrogens is 3. The van der Waals surface area contributed by atoms with Gasteiger partial charge in [-0.1, -0.05) is 42.5 Å². The predicted octanol–water partition coefficient (Wildman–Crippen LogP) is 4.41. The van der Waals surface area contributed by atoms with Crippen LogP contribution in [0.4, 0.5) is 0 Å². The lowest BCUT2D eigenvalue weighted by atomic mass is 10.2. The standard InChI is InChI=1S/C23H24N4OS/c1-16-19(17(2)27(26-16)15-18-8-4-3-5-9-18)14-24-22(28)12-13-23-25-20-10-6-7-11-21(20)29-23/h3-11H,12-15H2,1-2H3,(H,24,28). The van der Waals surface area contributed by atoms with E-state index in [1.165, 1.54) is 10.3 Å². The highest BCUT2D eigenvalue weighted by atomic mass is 32.1. The molecule has 0 radical (unpaired) electrons. The van der Waals surface area contributed by atoms with Crippen LogP contribution < -0.4 is 5.32 Å². The first kappa shape index (κ1) is 19.3. The lowest BCUT2D eigenvalue weighted by molar-refractivity contribution is -0.121. The number of para-hydroxylation sites is 1. The summed E-state index contributed by atoms with van der Waals surface area (Å²) in [6.07, 6.45) is 1.10. The number of amides is 1. The molecule has 2 aromatic heterocycles. The summed E-state index contributed by atoms with van der Waals surface area (Å²) in [5, 5.41) is 8.71. The van der Waals surface area contributed by atoms with Crippen LogP contribution in [0.15, 0.2) is 54.6 Å². The number of aryl methyl sites for hydroxylation is 2. The van der Waals surface area contributed by atoms with E-state index in [-0.39, 0.29) is 5.91 Å². The molecule has 0 saturated carbocycles. The van der Waals surface area contributed by atoms with Gasteiger partial charge < -0.3 is 5.32 Å². The van der Waals surface area contributed by atoms with Crippen molar-refractivity contribution in [3.05, 3.63) is 82.1 Å². The van der Waals surface area contributed by atoms with Gasteiger partial charge in [0.25, 0.3) is 0 Å². The zero-order valence-corrected chi connectivity index (χ0v) is 17.5. The molecule has 148 valence electrons. The molecule has 0 fully saturated rings. The first-order valence-corrected chi connectivity index (χ1v) is 10.6. The Morgan fingerprint density at radius 3 is 2.62 bits per heavy atom.